The van der Waals surface area contributed by atoms with E-state index in [2.05, 4.69) is 0 Å². The average molecular weight is 155 g/mol. The maximum Gasteiger partial charge on any atom is 0.107 e. The van der Waals surface area contributed by atoms with Gasteiger partial charge in [0.05, 0.1) is 18.6 Å². The van der Waals surface area contributed by atoms with Crippen LogP contribution in [0.3, 0.4) is 0 Å². The van der Waals surface area contributed by atoms with Crippen LogP contribution in [0.25, 0.3) is 0 Å². The van der Waals surface area contributed by atoms with E-state index in [4.69, 9.17) is 4.74 Å². The zero-order valence-corrected chi connectivity index (χ0v) is 6.75. The average Bonchev–Trinajstić information content (AvgIpc) is 1.85. The molecule has 0 bridgehead atoms. The van der Waals surface area contributed by atoms with Gasteiger partial charge in [0.1, 0.15) is 5.83 Å². The maximum absolute atomic E-state index is 12.6. The van der Waals surface area contributed by atoms with Crippen molar-refractivity contribution in [1.82, 2.24) is 0 Å². The lowest BCUT2D eigenvalue weighted by Gasteiger charge is -2.17. The van der Waals surface area contributed by atoms with Gasteiger partial charge in [-0.3, -0.25) is 0 Å². The molecule has 0 spiro atoms. The van der Waals surface area contributed by atoms with Crippen molar-refractivity contribution in [3.63, 3.8) is 0 Å². The van der Waals surface area contributed by atoms with Gasteiger partial charge in [-0.2, -0.15) is 0 Å². The van der Waals surface area contributed by atoms with Crippen LogP contribution in [0.5, 0.6) is 0 Å². The Labute approximate surface area is 66.6 Å². The van der Waals surface area contributed by atoms with Gasteiger partial charge < -0.3 is 4.74 Å². The highest BCUT2D eigenvalue weighted by Gasteiger charge is 2.12. The highest BCUT2D eigenvalue weighted by Crippen LogP contribution is 2.15. The van der Waals surface area contributed by atoms with Gasteiger partial charge in [0.25, 0.3) is 0 Å². The van der Waals surface area contributed by atoms with Crippen LogP contribution in [-0.2, 0) is 4.74 Å². The summed E-state index contributed by atoms with van der Waals surface area (Å²) in [7, 11) is 0. The van der Waals surface area contributed by atoms with E-state index >= 15 is 0 Å². The Morgan fingerprint density at radius 3 is 2.82 bits per heavy atom. The molecule has 1 atom stereocenters. The first kappa shape index (κ1) is 8.47. The van der Waals surface area contributed by atoms with Gasteiger partial charge in [0.15, 0.2) is 0 Å². The van der Waals surface area contributed by atoms with E-state index in [-0.39, 0.29) is 18.0 Å². The Bertz CT molecular complexity index is 182. The molecular weight excluding hydrogens is 143 g/mol. The minimum absolute atomic E-state index is 0.131. The van der Waals surface area contributed by atoms with E-state index in [9.17, 15) is 4.39 Å². The van der Waals surface area contributed by atoms with E-state index in [1.54, 1.807) is 6.08 Å². The summed E-state index contributed by atoms with van der Waals surface area (Å²) in [5, 5.41) is 0. The Morgan fingerprint density at radius 2 is 2.27 bits per heavy atom. The van der Waals surface area contributed by atoms with Crippen LogP contribution >= 0.6 is 0 Å². The van der Waals surface area contributed by atoms with Crippen molar-refractivity contribution in [3.8, 4) is 0 Å². The predicted octanol–water partition coefficient (Wildman–Crippen LogP) is 2.41. The monoisotopic (exact) mass is 155 g/mol. The van der Waals surface area contributed by atoms with Crippen LogP contribution < -0.4 is 0 Å². The largest absolute Gasteiger partial charge is 0.371 e. The van der Waals surface area contributed by atoms with E-state index < -0.39 is 0 Å². The lowest BCUT2D eigenvalue weighted by molar-refractivity contribution is 0.0523. The molecule has 1 nitrogen and oxygen atoms in total. The molecule has 1 aliphatic carbocycles. The second-order valence-electron chi connectivity index (χ2n) is 2.75. The minimum atomic E-state index is -0.224. The summed E-state index contributed by atoms with van der Waals surface area (Å²) in [4.78, 5) is 0. The molecule has 0 heterocycles. The number of allylic oxidation sites excluding steroid dienone is 2. The molecule has 0 saturated carbocycles. The molecule has 0 aromatic carbocycles. The number of rotatable bonds is 2. The van der Waals surface area contributed by atoms with Crippen LogP contribution in [0.1, 0.15) is 13.8 Å². The molecule has 11 heavy (non-hydrogen) atoms. The van der Waals surface area contributed by atoms with Gasteiger partial charge in [0, 0.05) is 0 Å². The molecule has 61 valence electrons. The van der Waals surface area contributed by atoms with Crippen LogP contribution in [0.2, 0.25) is 0 Å². The summed E-state index contributed by atoms with van der Waals surface area (Å²) < 4.78 is 17.9. The normalized spacial score (nSPS) is 24.0. The van der Waals surface area contributed by atoms with Gasteiger partial charge in [-0.15, -0.1) is 0 Å². The Hall–Kier alpha value is -0.630. The van der Waals surface area contributed by atoms with Crippen LogP contribution in [0.4, 0.5) is 4.39 Å². The number of hydrogen-bond donors (Lipinski definition) is 0. The Kier molecular flexibility index (Phi) is 2.83. The number of halogens is 1. The third-order valence-corrected chi connectivity index (χ3v) is 1.31. The first-order chi connectivity index (χ1) is 5.18. The summed E-state index contributed by atoms with van der Waals surface area (Å²) in [6, 6.07) is 0. The second-order valence-corrected chi connectivity index (χ2v) is 2.75. The van der Waals surface area contributed by atoms with Gasteiger partial charge in [0.2, 0.25) is 0 Å². The Morgan fingerprint density at radius 1 is 1.55 bits per heavy atom. The van der Waals surface area contributed by atoms with Crippen molar-refractivity contribution in [3.05, 3.63) is 30.5 Å². The summed E-state index contributed by atoms with van der Waals surface area (Å²) in [6.07, 6.45) is 6.30. The molecule has 0 N–H and O–H groups in total. The van der Waals surface area contributed by atoms with E-state index in [0.717, 1.165) is 0 Å². The summed E-state index contributed by atoms with van der Waals surface area (Å²) in [5.41, 5.74) is 0. The molecular formula is C9H12FO. The van der Waals surface area contributed by atoms with Crippen LogP contribution in [-0.4, -0.2) is 12.2 Å². The fourth-order valence-corrected chi connectivity index (χ4v) is 0.924. The standard InChI is InChI=1S/C9H12FO/c1-7(2)11-9-5-3-4-8(10)6-9/h3-7,9H,1-2H3. The molecule has 2 heteroatoms. The number of ether oxygens (including phenoxy) is 1. The molecule has 0 fully saturated rings. The lowest BCUT2D eigenvalue weighted by Crippen LogP contribution is -2.17. The lowest BCUT2D eigenvalue weighted by atomic mass is 10.1. The molecule has 1 aliphatic rings. The summed E-state index contributed by atoms with van der Waals surface area (Å²) in [5.74, 6) is -0.224. The third kappa shape index (κ3) is 2.85. The second kappa shape index (κ2) is 3.67. The molecule has 0 aromatic heterocycles. The Balaban J connectivity index is 2.40. The zero-order valence-electron chi connectivity index (χ0n) is 6.75. The minimum Gasteiger partial charge on any atom is -0.371 e. The van der Waals surface area contributed by atoms with Crippen molar-refractivity contribution in [2.45, 2.75) is 26.1 Å². The van der Waals surface area contributed by atoms with Crippen molar-refractivity contribution in [1.29, 1.82) is 0 Å². The van der Waals surface area contributed by atoms with Crippen molar-refractivity contribution in [2.24, 2.45) is 0 Å². The quantitative estimate of drug-likeness (QED) is 0.595. The molecule has 0 amide bonds. The van der Waals surface area contributed by atoms with E-state index in [1.807, 2.05) is 19.9 Å². The fourth-order valence-electron chi connectivity index (χ4n) is 0.924. The van der Waals surface area contributed by atoms with Crippen LogP contribution in [0, 0.1) is 6.42 Å². The predicted molar refractivity (Wildman–Crippen MR) is 42.6 cm³/mol. The third-order valence-electron chi connectivity index (χ3n) is 1.31. The maximum atomic E-state index is 12.6. The highest BCUT2D eigenvalue weighted by atomic mass is 19.1. The van der Waals surface area contributed by atoms with E-state index in [1.165, 1.54) is 12.5 Å². The first-order valence-corrected chi connectivity index (χ1v) is 3.73. The van der Waals surface area contributed by atoms with Crippen LogP contribution in [0.15, 0.2) is 24.1 Å². The van der Waals surface area contributed by atoms with Gasteiger partial charge in [-0.25, -0.2) is 4.39 Å². The highest BCUT2D eigenvalue weighted by molar-refractivity contribution is 5.25. The van der Waals surface area contributed by atoms with Gasteiger partial charge >= 0.3 is 0 Å². The first-order valence-electron chi connectivity index (χ1n) is 3.73. The SMILES string of the molecule is CC(C)OC1[CH]C(F)=CC=C1. The topological polar surface area (TPSA) is 9.23 Å². The smallest absolute Gasteiger partial charge is 0.107 e. The molecule has 1 rings (SSSR count). The van der Waals surface area contributed by atoms with Gasteiger partial charge in [-0.05, 0) is 19.9 Å². The molecule has 1 unspecified atom stereocenters. The fraction of sp³-hybridized carbons (Fsp3) is 0.444. The molecule has 0 aromatic rings. The molecule has 0 aliphatic heterocycles. The molecule has 0 saturated heterocycles. The number of hydrogen-bond acceptors (Lipinski definition) is 1. The summed E-state index contributed by atoms with van der Waals surface area (Å²) in [6.45, 7) is 3.86. The van der Waals surface area contributed by atoms with E-state index in [0.29, 0.717) is 0 Å². The molecule has 1 radical (unpaired) electrons. The zero-order chi connectivity index (χ0) is 8.27. The summed E-state index contributed by atoms with van der Waals surface area (Å²) >= 11 is 0. The van der Waals surface area contributed by atoms with Crippen molar-refractivity contribution in [2.75, 3.05) is 0 Å². The van der Waals surface area contributed by atoms with Gasteiger partial charge in [-0.1, -0.05) is 12.2 Å². The van der Waals surface area contributed by atoms with Crippen molar-refractivity contribution >= 4 is 0 Å². The van der Waals surface area contributed by atoms with Crippen molar-refractivity contribution < 1.29 is 9.13 Å².